The van der Waals surface area contributed by atoms with Gasteiger partial charge in [-0.05, 0) is 69.7 Å². The van der Waals surface area contributed by atoms with Crippen LogP contribution in [0.3, 0.4) is 0 Å². The number of carbonyl (C=O) groups excluding carboxylic acids is 3. The maximum Gasteiger partial charge on any atom is 0.315 e. The van der Waals surface area contributed by atoms with Crippen LogP contribution in [0.2, 0.25) is 0 Å². The number of carbonyl (C=O) groups is 3. The number of amides is 3. The Hall–Kier alpha value is -3.82. The van der Waals surface area contributed by atoms with Gasteiger partial charge >= 0.3 is 12.0 Å². The SMILES string of the molecule is CCOC(=O)CCNC(=O)NC1CCC(NC(=O)c2ccc3c(c2)nc(-c2ccoc2)n3C2CCCCC2)CC1. The van der Waals surface area contributed by atoms with Crippen LogP contribution in [0.1, 0.15) is 87.5 Å². The summed E-state index contributed by atoms with van der Waals surface area (Å²) < 4.78 is 12.6. The van der Waals surface area contributed by atoms with Crippen molar-refractivity contribution >= 4 is 28.9 Å². The van der Waals surface area contributed by atoms with Gasteiger partial charge in [0.2, 0.25) is 0 Å². The number of benzene rings is 1. The Morgan fingerprint density at radius 1 is 1.00 bits per heavy atom. The van der Waals surface area contributed by atoms with Gasteiger partial charge < -0.3 is 29.7 Å². The van der Waals surface area contributed by atoms with Gasteiger partial charge in [-0.25, -0.2) is 9.78 Å². The van der Waals surface area contributed by atoms with Crippen molar-refractivity contribution in [2.45, 2.75) is 89.3 Å². The van der Waals surface area contributed by atoms with Gasteiger partial charge in [0.15, 0.2) is 0 Å². The molecule has 10 nitrogen and oxygen atoms in total. The van der Waals surface area contributed by atoms with E-state index in [9.17, 15) is 14.4 Å². The molecule has 0 saturated heterocycles. The number of rotatable bonds is 9. The van der Waals surface area contributed by atoms with Gasteiger partial charge in [0.1, 0.15) is 12.1 Å². The number of nitrogens with one attached hydrogen (secondary N) is 3. The van der Waals surface area contributed by atoms with Crippen molar-refractivity contribution in [2.75, 3.05) is 13.2 Å². The maximum atomic E-state index is 13.2. The first-order chi connectivity index (χ1) is 19.5. The number of hydrogen-bond donors (Lipinski definition) is 3. The second-order valence-corrected chi connectivity index (χ2v) is 10.8. The summed E-state index contributed by atoms with van der Waals surface area (Å²) in [6.07, 6.45) is 12.6. The molecule has 2 aliphatic carbocycles. The molecule has 2 saturated carbocycles. The molecule has 0 atom stereocenters. The summed E-state index contributed by atoms with van der Waals surface area (Å²) in [5.41, 5.74) is 3.41. The van der Waals surface area contributed by atoms with Crippen molar-refractivity contribution in [3.8, 4) is 11.4 Å². The average molecular weight is 550 g/mol. The first-order valence-electron chi connectivity index (χ1n) is 14.6. The van der Waals surface area contributed by atoms with E-state index in [0.29, 0.717) is 18.2 Å². The van der Waals surface area contributed by atoms with Gasteiger partial charge in [0.05, 0.1) is 35.9 Å². The van der Waals surface area contributed by atoms with Crippen LogP contribution in [-0.4, -0.2) is 52.7 Å². The monoisotopic (exact) mass is 549 g/mol. The Kier molecular flexibility index (Phi) is 9.03. The lowest BCUT2D eigenvalue weighted by Gasteiger charge is -2.29. The maximum absolute atomic E-state index is 13.2. The highest BCUT2D eigenvalue weighted by molar-refractivity contribution is 5.98. The molecule has 10 heteroatoms. The predicted molar refractivity (Wildman–Crippen MR) is 151 cm³/mol. The second-order valence-electron chi connectivity index (χ2n) is 10.8. The molecular formula is C30H39N5O5. The number of fused-ring (bicyclic) bond motifs is 1. The molecule has 0 aliphatic heterocycles. The summed E-state index contributed by atoms with van der Waals surface area (Å²) in [7, 11) is 0. The normalized spacial score (nSPS) is 19.7. The van der Waals surface area contributed by atoms with Gasteiger partial charge in [0.25, 0.3) is 5.91 Å². The molecule has 5 rings (SSSR count). The Labute approximate surface area is 234 Å². The molecular weight excluding hydrogens is 510 g/mol. The van der Waals surface area contributed by atoms with E-state index in [0.717, 1.165) is 60.9 Å². The number of ether oxygens (including phenoxy) is 1. The minimum Gasteiger partial charge on any atom is -0.472 e. The first kappa shape index (κ1) is 27.7. The van der Waals surface area contributed by atoms with Crippen LogP contribution in [-0.2, 0) is 9.53 Å². The molecule has 2 fully saturated rings. The van der Waals surface area contributed by atoms with Crippen LogP contribution in [0.25, 0.3) is 22.4 Å². The molecule has 2 aromatic heterocycles. The molecule has 2 heterocycles. The Morgan fingerprint density at radius 3 is 2.45 bits per heavy atom. The molecule has 214 valence electrons. The van der Waals surface area contributed by atoms with Crippen LogP contribution in [0.5, 0.6) is 0 Å². The van der Waals surface area contributed by atoms with E-state index in [4.69, 9.17) is 14.1 Å². The van der Waals surface area contributed by atoms with Crippen molar-refractivity contribution in [3.05, 3.63) is 42.4 Å². The Morgan fingerprint density at radius 2 is 1.75 bits per heavy atom. The third kappa shape index (κ3) is 6.66. The van der Waals surface area contributed by atoms with Crippen LogP contribution < -0.4 is 16.0 Å². The largest absolute Gasteiger partial charge is 0.472 e. The summed E-state index contributed by atoms with van der Waals surface area (Å²) >= 11 is 0. The van der Waals surface area contributed by atoms with E-state index in [1.165, 1.54) is 19.3 Å². The van der Waals surface area contributed by atoms with Crippen molar-refractivity contribution in [1.29, 1.82) is 0 Å². The highest BCUT2D eigenvalue weighted by atomic mass is 16.5. The summed E-state index contributed by atoms with van der Waals surface area (Å²) in [6.45, 7) is 2.32. The molecule has 0 spiro atoms. The third-order valence-corrected chi connectivity index (χ3v) is 7.99. The minimum absolute atomic E-state index is 0.0391. The van der Waals surface area contributed by atoms with Gasteiger partial charge in [-0.15, -0.1) is 0 Å². The molecule has 0 unspecified atom stereocenters. The van der Waals surface area contributed by atoms with Crippen LogP contribution >= 0.6 is 0 Å². The predicted octanol–water partition coefficient (Wildman–Crippen LogP) is 5.09. The molecule has 1 aromatic carbocycles. The van der Waals surface area contributed by atoms with Crippen molar-refractivity contribution in [1.82, 2.24) is 25.5 Å². The number of esters is 1. The zero-order valence-corrected chi connectivity index (χ0v) is 23.1. The smallest absolute Gasteiger partial charge is 0.315 e. The number of imidazole rings is 1. The zero-order chi connectivity index (χ0) is 27.9. The Bertz CT molecular complexity index is 1300. The van der Waals surface area contributed by atoms with Gasteiger partial charge in [-0.2, -0.15) is 0 Å². The summed E-state index contributed by atoms with van der Waals surface area (Å²) in [5.74, 6) is 0.463. The topological polar surface area (TPSA) is 127 Å². The summed E-state index contributed by atoms with van der Waals surface area (Å²) in [4.78, 5) is 41.7. The number of aromatic nitrogens is 2. The van der Waals surface area contributed by atoms with Gasteiger partial charge in [0, 0.05) is 30.2 Å². The highest BCUT2D eigenvalue weighted by Gasteiger charge is 2.26. The number of urea groups is 1. The van der Waals surface area contributed by atoms with E-state index in [1.54, 1.807) is 19.5 Å². The minimum atomic E-state index is -0.325. The highest BCUT2D eigenvalue weighted by Crippen LogP contribution is 2.36. The molecule has 2 aliphatic rings. The molecule has 0 radical (unpaired) electrons. The fourth-order valence-corrected chi connectivity index (χ4v) is 5.94. The fraction of sp³-hybridized carbons (Fsp3) is 0.533. The van der Waals surface area contributed by atoms with Crippen LogP contribution in [0.15, 0.2) is 41.2 Å². The van der Waals surface area contributed by atoms with E-state index < -0.39 is 0 Å². The molecule has 3 aromatic rings. The van der Waals surface area contributed by atoms with E-state index in [1.807, 2.05) is 24.3 Å². The lowest BCUT2D eigenvalue weighted by atomic mass is 9.91. The van der Waals surface area contributed by atoms with E-state index in [2.05, 4.69) is 20.5 Å². The number of nitrogens with zero attached hydrogens (tertiary/aromatic N) is 2. The fourth-order valence-electron chi connectivity index (χ4n) is 5.94. The van der Waals surface area contributed by atoms with Crippen molar-refractivity contribution < 1.29 is 23.5 Å². The van der Waals surface area contributed by atoms with E-state index >= 15 is 0 Å². The number of hydrogen-bond acceptors (Lipinski definition) is 6. The molecule has 3 amide bonds. The Balaban J connectivity index is 1.17. The standard InChI is InChI=1S/C30H39N5O5/c1-2-40-27(36)14-16-31-30(38)33-23-11-9-22(10-12-23)32-29(37)20-8-13-26-25(18-20)34-28(21-15-17-39-19-21)35(26)24-6-4-3-5-7-24/h8,13,15,17-19,22-24H,2-7,9-12,14,16H2,1H3,(H,32,37)(H2,31,33,38). The van der Waals surface area contributed by atoms with Crippen LogP contribution in [0, 0.1) is 0 Å². The molecule has 3 N–H and O–H groups in total. The van der Waals surface area contributed by atoms with Crippen molar-refractivity contribution in [3.63, 3.8) is 0 Å². The zero-order valence-electron chi connectivity index (χ0n) is 23.1. The third-order valence-electron chi connectivity index (χ3n) is 7.99. The van der Waals surface area contributed by atoms with Crippen molar-refractivity contribution in [2.24, 2.45) is 0 Å². The quantitative estimate of drug-likeness (QED) is 0.319. The van der Waals surface area contributed by atoms with E-state index in [-0.39, 0.29) is 43.0 Å². The number of furan rings is 1. The lowest BCUT2D eigenvalue weighted by Crippen LogP contribution is -2.47. The summed E-state index contributed by atoms with van der Waals surface area (Å²) in [5, 5.41) is 8.84. The first-order valence-corrected chi connectivity index (χ1v) is 14.6. The average Bonchev–Trinajstić information content (AvgIpc) is 3.62. The molecule has 0 bridgehead atoms. The lowest BCUT2D eigenvalue weighted by molar-refractivity contribution is -0.142. The van der Waals surface area contributed by atoms with Crippen LogP contribution in [0.4, 0.5) is 4.79 Å². The summed E-state index contributed by atoms with van der Waals surface area (Å²) in [6, 6.07) is 7.95. The van der Waals surface area contributed by atoms with Gasteiger partial charge in [-0.1, -0.05) is 19.3 Å². The van der Waals surface area contributed by atoms with Gasteiger partial charge in [-0.3, -0.25) is 9.59 Å². The second kappa shape index (κ2) is 13.0. The molecule has 40 heavy (non-hydrogen) atoms.